The summed E-state index contributed by atoms with van der Waals surface area (Å²) < 4.78 is 22.2. The van der Waals surface area contributed by atoms with Crippen molar-refractivity contribution in [3.8, 4) is 0 Å². The van der Waals surface area contributed by atoms with Gasteiger partial charge in [-0.2, -0.15) is 0 Å². The average molecular weight is 329 g/mol. The zero-order valence-electron chi connectivity index (χ0n) is 14.0. The van der Waals surface area contributed by atoms with Gasteiger partial charge in [0.1, 0.15) is 18.8 Å². The molecule has 130 valence electrons. The van der Waals surface area contributed by atoms with Crippen molar-refractivity contribution in [2.45, 2.75) is 64.5 Å². The van der Waals surface area contributed by atoms with E-state index in [0.717, 1.165) is 4.90 Å². The first-order chi connectivity index (χ1) is 10.5. The van der Waals surface area contributed by atoms with Crippen LogP contribution >= 0.6 is 0 Å². The normalized spacial score (nSPS) is 39.5. The number of hydrogen-bond donors (Lipinski definition) is 1. The molecular formula is C15H23NO7. The summed E-state index contributed by atoms with van der Waals surface area (Å²) in [5.41, 5.74) is -0.748. The molecule has 4 atom stereocenters. The molecule has 0 unspecified atom stereocenters. The standard InChI is InChI=1S/C15H23NO7/c1-13(2,3)11(18)16-7-15(23-12(16)19)10(17)9-8(6-20-15)21-14(4,5)22-9/h8-10,17H,6-7H2,1-5H3/t8-,9-,10+,15+/m1/s1. The Morgan fingerprint density at radius 3 is 2.57 bits per heavy atom. The second-order valence-corrected chi connectivity index (χ2v) is 7.72. The molecule has 3 aliphatic rings. The minimum atomic E-state index is -1.61. The first-order valence-electron chi connectivity index (χ1n) is 7.68. The van der Waals surface area contributed by atoms with E-state index < -0.39 is 41.4 Å². The summed E-state index contributed by atoms with van der Waals surface area (Å²) in [6.45, 7) is 8.53. The van der Waals surface area contributed by atoms with Crippen LogP contribution < -0.4 is 0 Å². The van der Waals surface area contributed by atoms with Crippen LogP contribution in [0.1, 0.15) is 34.6 Å². The van der Waals surface area contributed by atoms with Crippen LogP contribution in [-0.4, -0.2) is 65.0 Å². The molecule has 3 saturated heterocycles. The minimum absolute atomic E-state index is 0.107. The number of aliphatic hydroxyl groups excluding tert-OH is 1. The zero-order valence-corrected chi connectivity index (χ0v) is 14.0. The summed E-state index contributed by atoms with van der Waals surface area (Å²) >= 11 is 0. The molecule has 0 radical (unpaired) electrons. The van der Waals surface area contributed by atoms with E-state index in [9.17, 15) is 14.7 Å². The van der Waals surface area contributed by atoms with Gasteiger partial charge in [0, 0.05) is 5.41 Å². The summed E-state index contributed by atoms with van der Waals surface area (Å²) in [5.74, 6) is -2.85. The Morgan fingerprint density at radius 1 is 1.30 bits per heavy atom. The van der Waals surface area contributed by atoms with Crippen molar-refractivity contribution in [1.29, 1.82) is 0 Å². The Morgan fingerprint density at radius 2 is 1.96 bits per heavy atom. The molecular weight excluding hydrogens is 306 g/mol. The van der Waals surface area contributed by atoms with Gasteiger partial charge in [0.2, 0.25) is 5.91 Å². The highest BCUT2D eigenvalue weighted by Crippen LogP contribution is 2.42. The van der Waals surface area contributed by atoms with Crippen LogP contribution in [0.2, 0.25) is 0 Å². The smallest absolute Gasteiger partial charge is 0.411 e. The van der Waals surface area contributed by atoms with Crippen LogP contribution in [0.4, 0.5) is 4.79 Å². The maximum absolute atomic E-state index is 12.4. The Labute approximate surface area is 134 Å². The molecule has 1 spiro atoms. The highest BCUT2D eigenvalue weighted by atomic mass is 16.8. The third kappa shape index (κ3) is 2.63. The van der Waals surface area contributed by atoms with Crippen molar-refractivity contribution in [3.05, 3.63) is 0 Å². The fraction of sp³-hybridized carbons (Fsp3) is 0.867. The van der Waals surface area contributed by atoms with Gasteiger partial charge in [-0.1, -0.05) is 20.8 Å². The number of imide groups is 1. The van der Waals surface area contributed by atoms with Gasteiger partial charge >= 0.3 is 6.09 Å². The molecule has 0 aromatic carbocycles. The van der Waals surface area contributed by atoms with E-state index in [1.807, 2.05) is 0 Å². The fourth-order valence-corrected chi connectivity index (χ4v) is 3.13. The Bertz CT molecular complexity index is 540. The van der Waals surface area contributed by atoms with Crippen LogP contribution in [0, 0.1) is 5.41 Å². The molecule has 3 heterocycles. The van der Waals surface area contributed by atoms with Gasteiger partial charge in [-0.15, -0.1) is 0 Å². The van der Waals surface area contributed by atoms with Crippen LogP contribution in [0.3, 0.4) is 0 Å². The molecule has 23 heavy (non-hydrogen) atoms. The molecule has 0 saturated carbocycles. The van der Waals surface area contributed by atoms with E-state index in [4.69, 9.17) is 18.9 Å². The molecule has 8 heteroatoms. The van der Waals surface area contributed by atoms with Crippen molar-refractivity contribution in [2.75, 3.05) is 13.2 Å². The Kier molecular flexibility index (Phi) is 3.54. The number of carbonyl (C=O) groups excluding carboxylic acids is 2. The predicted octanol–water partition coefficient (Wildman–Crippen LogP) is 0.619. The van der Waals surface area contributed by atoms with Crippen LogP contribution in [-0.2, 0) is 23.7 Å². The topological polar surface area (TPSA) is 94.5 Å². The van der Waals surface area contributed by atoms with Gasteiger partial charge < -0.3 is 24.1 Å². The molecule has 8 nitrogen and oxygen atoms in total. The van der Waals surface area contributed by atoms with Crippen molar-refractivity contribution >= 4 is 12.0 Å². The number of ether oxygens (including phenoxy) is 4. The largest absolute Gasteiger partial charge is 0.419 e. The Hall–Kier alpha value is -1.22. The van der Waals surface area contributed by atoms with Gasteiger partial charge in [0.15, 0.2) is 11.9 Å². The lowest BCUT2D eigenvalue weighted by Gasteiger charge is -2.40. The van der Waals surface area contributed by atoms with Crippen LogP contribution in [0.25, 0.3) is 0 Å². The van der Waals surface area contributed by atoms with Crippen molar-refractivity contribution < 1.29 is 33.6 Å². The highest BCUT2D eigenvalue weighted by molar-refractivity contribution is 5.96. The minimum Gasteiger partial charge on any atom is -0.411 e. The van der Waals surface area contributed by atoms with E-state index in [2.05, 4.69) is 0 Å². The molecule has 0 aromatic heterocycles. The second-order valence-electron chi connectivity index (χ2n) is 7.72. The molecule has 0 aliphatic carbocycles. The lowest BCUT2D eigenvalue weighted by Crippen LogP contribution is -2.62. The first kappa shape index (κ1) is 16.6. The number of nitrogens with zero attached hydrogens (tertiary/aromatic N) is 1. The lowest BCUT2D eigenvalue weighted by molar-refractivity contribution is -0.287. The summed E-state index contributed by atoms with van der Waals surface area (Å²) in [4.78, 5) is 25.5. The monoisotopic (exact) mass is 329 g/mol. The fourth-order valence-electron chi connectivity index (χ4n) is 3.13. The van der Waals surface area contributed by atoms with Crippen LogP contribution in [0.5, 0.6) is 0 Å². The third-order valence-electron chi connectivity index (χ3n) is 4.22. The van der Waals surface area contributed by atoms with E-state index in [1.54, 1.807) is 34.6 Å². The zero-order chi connectivity index (χ0) is 17.2. The van der Waals surface area contributed by atoms with Crippen molar-refractivity contribution in [1.82, 2.24) is 4.90 Å². The molecule has 0 bridgehead atoms. The van der Waals surface area contributed by atoms with Gasteiger partial charge in [0.25, 0.3) is 5.79 Å². The first-order valence-corrected chi connectivity index (χ1v) is 7.68. The molecule has 3 fully saturated rings. The summed E-state index contributed by atoms with van der Waals surface area (Å²) in [7, 11) is 0. The number of carbonyl (C=O) groups is 2. The maximum atomic E-state index is 12.4. The van der Waals surface area contributed by atoms with Gasteiger partial charge in [0.05, 0.1) is 6.61 Å². The van der Waals surface area contributed by atoms with Gasteiger partial charge in [-0.3, -0.25) is 4.79 Å². The summed E-state index contributed by atoms with van der Waals surface area (Å²) in [6, 6.07) is 0. The predicted molar refractivity (Wildman–Crippen MR) is 76.2 cm³/mol. The molecule has 0 aromatic rings. The maximum Gasteiger partial charge on any atom is 0.419 e. The quantitative estimate of drug-likeness (QED) is 0.696. The van der Waals surface area contributed by atoms with Crippen molar-refractivity contribution in [3.63, 3.8) is 0 Å². The van der Waals surface area contributed by atoms with E-state index >= 15 is 0 Å². The number of aliphatic hydroxyl groups is 1. The van der Waals surface area contributed by atoms with Crippen molar-refractivity contribution in [2.24, 2.45) is 5.41 Å². The van der Waals surface area contributed by atoms with E-state index in [1.165, 1.54) is 0 Å². The number of rotatable bonds is 0. The lowest BCUT2D eigenvalue weighted by atomic mass is 9.93. The molecule has 1 N–H and O–H groups in total. The second kappa shape index (κ2) is 4.89. The van der Waals surface area contributed by atoms with Crippen LogP contribution in [0.15, 0.2) is 0 Å². The number of hydrogen-bond acceptors (Lipinski definition) is 7. The van der Waals surface area contributed by atoms with Gasteiger partial charge in [-0.25, -0.2) is 9.69 Å². The molecule has 2 amide bonds. The number of amides is 2. The van der Waals surface area contributed by atoms with E-state index in [-0.39, 0.29) is 19.1 Å². The third-order valence-corrected chi connectivity index (χ3v) is 4.22. The summed E-state index contributed by atoms with van der Waals surface area (Å²) in [6.07, 6.45) is -3.20. The average Bonchev–Trinajstić information content (AvgIpc) is 2.90. The van der Waals surface area contributed by atoms with E-state index in [0.29, 0.717) is 0 Å². The molecule has 3 rings (SSSR count). The molecule has 3 aliphatic heterocycles. The SMILES string of the molecule is CC1(C)O[C@@H]2[C@@H](CO[C@]3(CN(C(=O)C(C)(C)C)C(=O)O3)[C@H]2O)O1. The summed E-state index contributed by atoms with van der Waals surface area (Å²) in [5, 5.41) is 10.6. The number of fused-ring (bicyclic) bond motifs is 1. The van der Waals surface area contributed by atoms with Gasteiger partial charge in [-0.05, 0) is 13.8 Å². The Balaban J connectivity index is 1.82. The highest BCUT2D eigenvalue weighted by Gasteiger charge is 2.63.